The number of nitrogens with zero attached hydrogens (tertiary/aromatic N) is 1. The van der Waals surface area contributed by atoms with E-state index in [1.165, 1.54) is 4.90 Å². The van der Waals surface area contributed by atoms with Crippen molar-refractivity contribution >= 4 is 23.5 Å². The van der Waals surface area contributed by atoms with E-state index in [4.69, 9.17) is 10.9 Å². The minimum absolute atomic E-state index is 0.00399. The number of fused-ring (bicyclic) bond motifs is 1. The van der Waals surface area contributed by atoms with Crippen LogP contribution in [0, 0.1) is 0 Å². The van der Waals surface area contributed by atoms with Gasteiger partial charge in [-0.1, -0.05) is 23.4 Å². The van der Waals surface area contributed by atoms with Gasteiger partial charge in [-0.15, -0.1) is 11.8 Å². The minimum Gasteiger partial charge on any atom is -0.409 e. The Hall–Kier alpha value is -1.69. The van der Waals surface area contributed by atoms with E-state index in [9.17, 15) is 4.79 Å². The molecule has 4 N–H and O–H groups in total. The molecule has 0 bridgehead atoms. The van der Waals surface area contributed by atoms with Gasteiger partial charge in [0.15, 0.2) is 0 Å². The zero-order valence-corrected chi connectivity index (χ0v) is 11.5. The average Bonchev–Trinajstić information content (AvgIpc) is 2.82. The SMILES string of the molecule is CC(CC(N)=NO)NC(=O)C1CSc2ccccc21. The van der Waals surface area contributed by atoms with Gasteiger partial charge in [0.2, 0.25) is 5.91 Å². The van der Waals surface area contributed by atoms with Crippen molar-refractivity contribution in [2.75, 3.05) is 5.75 Å². The van der Waals surface area contributed by atoms with Gasteiger partial charge in [-0.25, -0.2) is 0 Å². The predicted octanol–water partition coefficient (Wildman–Crippen LogP) is 1.52. The van der Waals surface area contributed by atoms with Crippen molar-refractivity contribution in [1.82, 2.24) is 5.32 Å². The van der Waals surface area contributed by atoms with E-state index in [0.29, 0.717) is 6.42 Å². The summed E-state index contributed by atoms with van der Waals surface area (Å²) >= 11 is 1.70. The molecule has 0 saturated carbocycles. The summed E-state index contributed by atoms with van der Waals surface area (Å²) in [7, 11) is 0. The second kappa shape index (κ2) is 5.97. The monoisotopic (exact) mass is 279 g/mol. The fourth-order valence-electron chi connectivity index (χ4n) is 2.13. The molecule has 0 aromatic heterocycles. The summed E-state index contributed by atoms with van der Waals surface area (Å²) in [5.41, 5.74) is 6.51. The largest absolute Gasteiger partial charge is 0.409 e. The summed E-state index contributed by atoms with van der Waals surface area (Å²) in [5, 5.41) is 14.3. The Morgan fingerprint density at radius 1 is 1.63 bits per heavy atom. The fourth-order valence-corrected chi connectivity index (χ4v) is 3.36. The molecule has 1 aromatic rings. The molecule has 1 aromatic carbocycles. The van der Waals surface area contributed by atoms with Crippen LogP contribution in [0.25, 0.3) is 0 Å². The minimum atomic E-state index is -0.152. The van der Waals surface area contributed by atoms with Crippen LogP contribution in [0.3, 0.4) is 0 Å². The number of carbonyl (C=O) groups excluding carboxylic acids is 1. The molecule has 2 rings (SSSR count). The van der Waals surface area contributed by atoms with Gasteiger partial charge < -0.3 is 16.3 Å². The second-order valence-corrected chi connectivity index (χ2v) is 5.67. The van der Waals surface area contributed by atoms with Crippen LogP contribution in [0.1, 0.15) is 24.8 Å². The van der Waals surface area contributed by atoms with Gasteiger partial charge in [-0.3, -0.25) is 4.79 Å². The number of oxime groups is 1. The number of benzene rings is 1. The highest BCUT2D eigenvalue weighted by Crippen LogP contribution is 2.39. The fraction of sp³-hybridized carbons (Fsp3) is 0.385. The Morgan fingerprint density at radius 2 is 2.37 bits per heavy atom. The standard InChI is InChI=1S/C13H17N3O2S/c1-8(6-12(14)16-18)15-13(17)10-7-19-11-5-3-2-4-9(10)11/h2-5,8,10,18H,6-7H2,1H3,(H2,14,16)(H,15,17). The summed E-state index contributed by atoms with van der Waals surface area (Å²) in [5.74, 6) is 0.766. The number of nitrogens with one attached hydrogen (secondary N) is 1. The maximum absolute atomic E-state index is 12.2. The third-order valence-electron chi connectivity index (χ3n) is 3.05. The summed E-state index contributed by atoms with van der Waals surface area (Å²) in [6.07, 6.45) is 0.337. The third kappa shape index (κ3) is 3.20. The Balaban J connectivity index is 1.98. The molecule has 2 atom stereocenters. The van der Waals surface area contributed by atoms with Crippen LogP contribution in [-0.2, 0) is 4.79 Å². The number of hydrogen-bond donors (Lipinski definition) is 3. The van der Waals surface area contributed by atoms with Crippen LogP contribution < -0.4 is 11.1 Å². The predicted molar refractivity (Wildman–Crippen MR) is 75.5 cm³/mol. The lowest BCUT2D eigenvalue weighted by Crippen LogP contribution is -2.38. The van der Waals surface area contributed by atoms with E-state index in [2.05, 4.69) is 10.5 Å². The van der Waals surface area contributed by atoms with Crippen LogP contribution >= 0.6 is 11.8 Å². The number of amidine groups is 1. The van der Waals surface area contributed by atoms with E-state index < -0.39 is 0 Å². The summed E-state index contributed by atoms with van der Waals surface area (Å²) in [6.45, 7) is 1.84. The van der Waals surface area contributed by atoms with E-state index in [1.54, 1.807) is 11.8 Å². The van der Waals surface area contributed by atoms with Crippen LogP contribution in [0.5, 0.6) is 0 Å². The van der Waals surface area contributed by atoms with Crippen molar-refractivity contribution in [3.8, 4) is 0 Å². The van der Waals surface area contributed by atoms with Crippen LogP contribution in [0.4, 0.5) is 0 Å². The molecule has 0 fully saturated rings. The highest BCUT2D eigenvalue weighted by Gasteiger charge is 2.29. The molecule has 102 valence electrons. The average molecular weight is 279 g/mol. The molecule has 1 heterocycles. The first kappa shape index (κ1) is 13.7. The first-order valence-corrected chi connectivity index (χ1v) is 7.09. The van der Waals surface area contributed by atoms with Gasteiger partial charge >= 0.3 is 0 Å². The quantitative estimate of drug-likeness (QED) is 0.337. The number of amides is 1. The van der Waals surface area contributed by atoms with Crippen molar-refractivity contribution < 1.29 is 10.0 Å². The van der Waals surface area contributed by atoms with Crippen molar-refractivity contribution in [1.29, 1.82) is 0 Å². The highest BCUT2D eigenvalue weighted by atomic mass is 32.2. The van der Waals surface area contributed by atoms with E-state index in [-0.39, 0.29) is 23.7 Å². The summed E-state index contributed by atoms with van der Waals surface area (Å²) in [4.78, 5) is 13.4. The molecule has 1 amide bonds. The van der Waals surface area contributed by atoms with Gasteiger partial charge in [0.05, 0.1) is 5.92 Å². The lowest BCUT2D eigenvalue weighted by Gasteiger charge is -2.16. The van der Waals surface area contributed by atoms with Gasteiger partial charge in [0.25, 0.3) is 0 Å². The normalized spacial score (nSPS) is 19.8. The molecule has 0 aliphatic carbocycles. The molecule has 0 saturated heterocycles. The van der Waals surface area contributed by atoms with Gasteiger partial charge in [-0.2, -0.15) is 0 Å². The highest BCUT2D eigenvalue weighted by molar-refractivity contribution is 7.99. The molecule has 19 heavy (non-hydrogen) atoms. The molecular weight excluding hydrogens is 262 g/mol. The van der Waals surface area contributed by atoms with E-state index >= 15 is 0 Å². The zero-order chi connectivity index (χ0) is 13.8. The number of thioether (sulfide) groups is 1. The van der Waals surface area contributed by atoms with Gasteiger partial charge in [-0.05, 0) is 18.6 Å². The number of nitrogens with two attached hydrogens (primary N) is 1. The van der Waals surface area contributed by atoms with Crippen molar-refractivity contribution in [2.24, 2.45) is 10.9 Å². The van der Waals surface area contributed by atoms with Gasteiger partial charge in [0.1, 0.15) is 5.84 Å². The molecule has 0 spiro atoms. The molecule has 1 aliphatic heterocycles. The Bertz CT molecular complexity index is 504. The molecule has 1 aliphatic rings. The Morgan fingerprint density at radius 3 is 3.11 bits per heavy atom. The summed E-state index contributed by atoms with van der Waals surface area (Å²) in [6, 6.07) is 7.81. The lowest BCUT2D eigenvalue weighted by molar-refractivity contribution is -0.122. The maximum Gasteiger partial charge on any atom is 0.228 e. The first-order chi connectivity index (χ1) is 9.11. The Labute approximate surface area is 116 Å². The number of hydrogen-bond acceptors (Lipinski definition) is 4. The van der Waals surface area contributed by atoms with Crippen LogP contribution in [-0.4, -0.2) is 28.7 Å². The van der Waals surface area contributed by atoms with E-state index in [0.717, 1.165) is 11.3 Å². The molecule has 5 nitrogen and oxygen atoms in total. The first-order valence-electron chi connectivity index (χ1n) is 6.10. The molecule has 6 heteroatoms. The zero-order valence-electron chi connectivity index (χ0n) is 10.7. The van der Waals surface area contributed by atoms with E-state index in [1.807, 2.05) is 31.2 Å². The van der Waals surface area contributed by atoms with Crippen molar-refractivity contribution in [3.63, 3.8) is 0 Å². The molecular formula is C13H17N3O2S. The van der Waals surface area contributed by atoms with Crippen LogP contribution in [0.2, 0.25) is 0 Å². The van der Waals surface area contributed by atoms with Crippen LogP contribution in [0.15, 0.2) is 34.3 Å². The Kier molecular flexibility index (Phi) is 4.31. The second-order valence-electron chi connectivity index (χ2n) is 4.61. The number of rotatable bonds is 4. The summed E-state index contributed by atoms with van der Waals surface area (Å²) < 4.78 is 0. The topological polar surface area (TPSA) is 87.7 Å². The molecule has 0 radical (unpaired) electrons. The van der Waals surface area contributed by atoms with Gasteiger partial charge in [0, 0.05) is 23.1 Å². The lowest BCUT2D eigenvalue weighted by atomic mass is 10.00. The van der Waals surface area contributed by atoms with Crippen molar-refractivity contribution in [3.05, 3.63) is 29.8 Å². The third-order valence-corrected chi connectivity index (χ3v) is 4.23. The smallest absolute Gasteiger partial charge is 0.228 e. The molecule has 2 unspecified atom stereocenters. The number of carbonyl (C=O) groups is 1. The maximum atomic E-state index is 12.2. The van der Waals surface area contributed by atoms with Crippen molar-refractivity contribution in [2.45, 2.75) is 30.2 Å².